The molecule has 2 aliphatic rings. The van der Waals surface area contributed by atoms with Crippen molar-refractivity contribution in [2.24, 2.45) is 11.8 Å². The molecule has 0 aliphatic carbocycles. The van der Waals surface area contributed by atoms with Gasteiger partial charge in [0.25, 0.3) is 0 Å². The predicted octanol–water partition coefficient (Wildman–Crippen LogP) is 2.79. The van der Waals surface area contributed by atoms with Crippen LogP contribution in [0.2, 0.25) is 0 Å². The van der Waals surface area contributed by atoms with Gasteiger partial charge in [0.15, 0.2) is 11.5 Å². The molecule has 0 radical (unpaired) electrons. The second kappa shape index (κ2) is 7.88. The van der Waals surface area contributed by atoms with Crippen molar-refractivity contribution in [3.63, 3.8) is 0 Å². The molecule has 1 aromatic rings. The van der Waals surface area contributed by atoms with Crippen LogP contribution in [0.25, 0.3) is 0 Å². The molecule has 3 rings (SSSR count). The number of nitrogens with zero attached hydrogens (tertiary/aromatic N) is 1. The maximum atomic E-state index is 12.7. The molecule has 1 fully saturated rings. The fraction of sp³-hybridized carbons (Fsp3) is 0.632. The van der Waals surface area contributed by atoms with Gasteiger partial charge in [-0.05, 0) is 62.4 Å². The van der Waals surface area contributed by atoms with Crippen molar-refractivity contribution in [3.05, 3.63) is 23.8 Å². The standard InChI is InChI=1S/C19H28N2O3/c1-3-21(12-15-6-7-17-18(10-15)24-13-23-17)19(22)9-14(2)16-5-4-8-20-11-16/h6-7,10,14,16,20H,3-5,8-9,11-13H2,1-2H3. The van der Waals surface area contributed by atoms with Gasteiger partial charge in [0.1, 0.15) is 0 Å². The summed E-state index contributed by atoms with van der Waals surface area (Å²) >= 11 is 0. The first-order valence-corrected chi connectivity index (χ1v) is 9.04. The number of carbonyl (C=O) groups is 1. The van der Waals surface area contributed by atoms with Gasteiger partial charge in [-0.3, -0.25) is 4.79 Å². The maximum absolute atomic E-state index is 12.7. The third-order valence-electron chi connectivity index (χ3n) is 5.18. The molecule has 5 nitrogen and oxygen atoms in total. The maximum Gasteiger partial charge on any atom is 0.231 e. The minimum atomic E-state index is 0.244. The van der Waals surface area contributed by atoms with Crippen LogP contribution in [0.1, 0.15) is 38.7 Å². The molecule has 2 unspecified atom stereocenters. The van der Waals surface area contributed by atoms with E-state index in [0.29, 0.717) is 24.8 Å². The van der Waals surface area contributed by atoms with E-state index in [-0.39, 0.29) is 12.7 Å². The molecule has 5 heteroatoms. The highest BCUT2D eigenvalue weighted by atomic mass is 16.7. The van der Waals surface area contributed by atoms with Crippen LogP contribution in [-0.4, -0.2) is 37.2 Å². The number of fused-ring (bicyclic) bond motifs is 1. The first kappa shape index (κ1) is 17.1. The quantitative estimate of drug-likeness (QED) is 0.870. The van der Waals surface area contributed by atoms with E-state index in [1.165, 1.54) is 12.8 Å². The lowest BCUT2D eigenvalue weighted by atomic mass is 9.85. The van der Waals surface area contributed by atoms with Crippen molar-refractivity contribution in [1.82, 2.24) is 10.2 Å². The Bertz CT molecular complexity index is 570. The van der Waals surface area contributed by atoms with E-state index < -0.39 is 0 Å². The number of ether oxygens (including phenoxy) is 2. The molecule has 0 spiro atoms. The zero-order valence-electron chi connectivity index (χ0n) is 14.7. The smallest absolute Gasteiger partial charge is 0.231 e. The van der Waals surface area contributed by atoms with Gasteiger partial charge in [-0.15, -0.1) is 0 Å². The first-order chi connectivity index (χ1) is 11.7. The number of benzene rings is 1. The molecule has 0 saturated carbocycles. The molecule has 2 aliphatic heterocycles. The topological polar surface area (TPSA) is 50.8 Å². The van der Waals surface area contributed by atoms with Crippen molar-refractivity contribution < 1.29 is 14.3 Å². The summed E-state index contributed by atoms with van der Waals surface area (Å²) in [7, 11) is 0. The second-order valence-electron chi connectivity index (χ2n) is 6.88. The Morgan fingerprint density at radius 3 is 2.96 bits per heavy atom. The average molecular weight is 332 g/mol. The highest BCUT2D eigenvalue weighted by Gasteiger charge is 2.24. The normalized spacial score (nSPS) is 20.7. The molecule has 0 aromatic heterocycles. The lowest BCUT2D eigenvalue weighted by molar-refractivity contribution is -0.133. The fourth-order valence-electron chi connectivity index (χ4n) is 3.57. The lowest BCUT2D eigenvalue weighted by Crippen LogP contribution is -2.37. The molecule has 0 bridgehead atoms. The van der Waals surface area contributed by atoms with Crippen molar-refractivity contribution in [1.29, 1.82) is 0 Å². The fourth-order valence-corrected chi connectivity index (χ4v) is 3.57. The number of nitrogens with one attached hydrogen (secondary N) is 1. The minimum absolute atomic E-state index is 0.244. The van der Waals surface area contributed by atoms with Gasteiger partial charge in [-0.1, -0.05) is 13.0 Å². The summed E-state index contributed by atoms with van der Waals surface area (Å²) in [6.07, 6.45) is 3.08. The number of carbonyl (C=O) groups excluding carboxylic acids is 1. The lowest BCUT2D eigenvalue weighted by Gasteiger charge is -2.30. The van der Waals surface area contributed by atoms with Gasteiger partial charge >= 0.3 is 0 Å². The van der Waals surface area contributed by atoms with Crippen LogP contribution in [-0.2, 0) is 11.3 Å². The van der Waals surface area contributed by atoms with Crippen LogP contribution in [0.4, 0.5) is 0 Å². The summed E-state index contributed by atoms with van der Waals surface area (Å²) in [6, 6.07) is 5.91. The van der Waals surface area contributed by atoms with E-state index in [2.05, 4.69) is 12.2 Å². The number of rotatable bonds is 6. The molecule has 2 heterocycles. The molecule has 1 amide bonds. The van der Waals surface area contributed by atoms with E-state index in [0.717, 1.165) is 36.7 Å². The number of hydrogen-bond acceptors (Lipinski definition) is 4. The summed E-state index contributed by atoms with van der Waals surface area (Å²) in [5.74, 6) is 2.85. The molecular weight excluding hydrogens is 304 g/mol. The van der Waals surface area contributed by atoms with Gasteiger partial charge in [0.05, 0.1) is 0 Å². The molecule has 132 valence electrons. The Labute approximate surface area is 144 Å². The third kappa shape index (κ3) is 4.01. The van der Waals surface area contributed by atoms with Gasteiger partial charge in [0.2, 0.25) is 12.7 Å². The van der Waals surface area contributed by atoms with Crippen LogP contribution in [0.5, 0.6) is 11.5 Å². The largest absolute Gasteiger partial charge is 0.454 e. The van der Waals surface area contributed by atoms with Crippen LogP contribution in [0.3, 0.4) is 0 Å². The van der Waals surface area contributed by atoms with Gasteiger partial charge in [-0.2, -0.15) is 0 Å². The number of hydrogen-bond donors (Lipinski definition) is 1. The van der Waals surface area contributed by atoms with Crippen LogP contribution in [0.15, 0.2) is 18.2 Å². The SMILES string of the molecule is CCN(Cc1ccc2c(c1)OCO2)C(=O)CC(C)C1CCCNC1. The Hall–Kier alpha value is -1.75. The first-order valence-electron chi connectivity index (χ1n) is 9.04. The average Bonchev–Trinajstić information content (AvgIpc) is 3.08. The number of amides is 1. The van der Waals surface area contributed by atoms with Crippen molar-refractivity contribution in [2.45, 2.75) is 39.7 Å². The van der Waals surface area contributed by atoms with Crippen LogP contribution < -0.4 is 14.8 Å². The summed E-state index contributed by atoms with van der Waals surface area (Å²) in [4.78, 5) is 14.6. The van der Waals surface area contributed by atoms with E-state index >= 15 is 0 Å². The van der Waals surface area contributed by atoms with Gasteiger partial charge in [-0.25, -0.2) is 0 Å². The van der Waals surface area contributed by atoms with E-state index in [4.69, 9.17) is 9.47 Å². The van der Waals surface area contributed by atoms with Gasteiger partial charge in [0, 0.05) is 19.5 Å². The highest BCUT2D eigenvalue weighted by Crippen LogP contribution is 2.33. The highest BCUT2D eigenvalue weighted by molar-refractivity contribution is 5.76. The van der Waals surface area contributed by atoms with Gasteiger partial charge < -0.3 is 19.7 Å². The Morgan fingerprint density at radius 1 is 1.38 bits per heavy atom. The summed E-state index contributed by atoms with van der Waals surface area (Å²) in [5, 5.41) is 3.45. The molecule has 1 aromatic carbocycles. The summed E-state index contributed by atoms with van der Waals surface area (Å²) < 4.78 is 10.8. The van der Waals surface area contributed by atoms with Crippen molar-refractivity contribution in [3.8, 4) is 11.5 Å². The van der Waals surface area contributed by atoms with Crippen molar-refractivity contribution >= 4 is 5.91 Å². The second-order valence-corrected chi connectivity index (χ2v) is 6.88. The van der Waals surface area contributed by atoms with Crippen LogP contribution in [0, 0.1) is 11.8 Å². The zero-order valence-corrected chi connectivity index (χ0v) is 14.7. The minimum Gasteiger partial charge on any atom is -0.454 e. The Balaban J connectivity index is 1.57. The third-order valence-corrected chi connectivity index (χ3v) is 5.18. The zero-order chi connectivity index (χ0) is 16.9. The number of piperidine rings is 1. The van der Waals surface area contributed by atoms with Crippen LogP contribution >= 0.6 is 0 Å². The Morgan fingerprint density at radius 2 is 2.21 bits per heavy atom. The molecule has 1 saturated heterocycles. The van der Waals surface area contributed by atoms with E-state index in [1.54, 1.807) is 0 Å². The molecule has 1 N–H and O–H groups in total. The molecular formula is C19H28N2O3. The Kier molecular flexibility index (Phi) is 5.61. The van der Waals surface area contributed by atoms with Crippen molar-refractivity contribution in [2.75, 3.05) is 26.4 Å². The summed E-state index contributed by atoms with van der Waals surface area (Å²) in [6.45, 7) is 8.04. The monoisotopic (exact) mass is 332 g/mol. The summed E-state index contributed by atoms with van der Waals surface area (Å²) in [5.41, 5.74) is 1.08. The van der Waals surface area contributed by atoms with E-state index in [9.17, 15) is 4.79 Å². The van der Waals surface area contributed by atoms with E-state index in [1.807, 2.05) is 30.0 Å². The molecule has 24 heavy (non-hydrogen) atoms. The predicted molar refractivity (Wildman–Crippen MR) is 93.0 cm³/mol. The molecule has 2 atom stereocenters.